The molecule has 0 unspecified atom stereocenters. The number of pyridine rings is 1. The molecule has 0 saturated carbocycles. The molecule has 0 aliphatic heterocycles. The maximum Gasteiger partial charge on any atom is 0.122 e. The van der Waals surface area contributed by atoms with Gasteiger partial charge in [0.25, 0.3) is 0 Å². The Labute approximate surface area is 101 Å². The van der Waals surface area contributed by atoms with Crippen LogP contribution in [0.3, 0.4) is 0 Å². The van der Waals surface area contributed by atoms with E-state index >= 15 is 0 Å². The number of aliphatic hydroxyl groups excluding tert-OH is 1. The Morgan fingerprint density at radius 2 is 2.25 bits per heavy atom. The van der Waals surface area contributed by atoms with E-state index in [9.17, 15) is 0 Å². The van der Waals surface area contributed by atoms with Gasteiger partial charge in [0, 0.05) is 12.6 Å². The topological polar surface area (TPSA) is 62.4 Å². The number of aromatic nitrogens is 1. The number of thiocarbonyl (C=S) groups is 1. The molecule has 0 atom stereocenters. The van der Waals surface area contributed by atoms with Gasteiger partial charge in [0.1, 0.15) is 4.99 Å². The summed E-state index contributed by atoms with van der Waals surface area (Å²) in [6.07, 6.45) is 1.73. The van der Waals surface area contributed by atoms with E-state index in [0.29, 0.717) is 23.3 Å². The van der Waals surface area contributed by atoms with Crippen molar-refractivity contribution in [3.8, 4) is 0 Å². The fraction of sp³-hybridized carbons (Fsp3) is 0.455. The second-order valence-electron chi connectivity index (χ2n) is 3.78. The first-order chi connectivity index (χ1) is 7.56. The Morgan fingerprint density at radius 1 is 1.56 bits per heavy atom. The molecule has 88 valence electrons. The molecule has 0 aliphatic rings. The van der Waals surface area contributed by atoms with Crippen LogP contribution in [-0.4, -0.2) is 34.3 Å². The predicted molar refractivity (Wildman–Crippen MR) is 69.7 cm³/mol. The normalized spacial score (nSPS) is 10.5. The van der Waals surface area contributed by atoms with E-state index in [4.69, 9.17) is 23.1 Å². The van der Waals surface area contributed by atoms with Gasteiger partial charge in [-0.15, -0.1) is 0 Å². The molecule has 0 aromatic carbocycles. The molecule has 1 aromatic heterocycles. The summed E-state index contributed by atoms with van der Waals surface area (Å²) in [5.74, 6) is 0. The average Bonchev–Trinajstić information content (AvgIpc) is 2.25. The molecule has 5 heteroatoms. The zero-order valence-corrected chi connectivity index (χ0v) is 10.4. The minimum Gasteiger partial charge on any atom is -0.395 e. The van der Waals surface area contributed by atoms with Gasteiger partial charge in [-0.2, -0.15) is 0 Å². The van der Waals surface area contributed by atoms with Gasteiger partial charge in [0.15, 0.2) is 0 Å². The Balaban J connectivity index is 2.89. The number of hydrogen-bond donors (Lipinski definition) is 2. The summed E-state index contributed by atoms with van der Waals surface area (Å²) in [5.41, 5.74) is 7.05. The van der Waals surface area contributed by atoms with Crippen LogP contribution in [0.25, 0.3) is 0 Å². The Bertz CT molecular complexity index is 351. The molecule has 0 saturated heterocycles. The lowest BCUT2D eigenvalue weighted by Gasteiger charge is -2.27. The molecule has 1 heterocycles. The number of aliphatic hydroxyl groups is 1. The maximum absolute atomic E-state index is 8.99. The number of hydrogen-bond acceptors (Lipinski definition) is 4. The van der Waals surface area contributed by atoms with Crippen molar-refractivity contribution in [2.45, 2.75) is 19.9 Å². The van der Waals surface area contributed by atoms with Gasteiger partial charge < -0.3 is 15.7 Å². The van der Waals surface area contributed by atoms with Crippen molar-refractivity contribution in [2.75, 3.05) is 18.1 Å². The number of nitrogens with two attached hydrogens (primary N) is 1. The van der Waals surface area contributed by atoms with Crippen LogP contribution in [0.15, 0.2) is 18.3 Å². The van der Waals surface area contributed by atoms with Crippen LogP contribution in [0.2, 0.25) is 0 Å². The standard InChI is InChI=1S/C11H17N3OS/c1-8(2)14(5-6-15)9-3-4-10(11(12)16)13-7-9/h3-4,7-8,15H,5-6H2,1-2H3,(H2,12,16). The average molecular weight is 239 g/mol. The van der Waals surface area contributed by atoms with E-state index in [1.165, 1.54) is 0 Å². The molecule has 4 nitrogen and oxygen atoms in total. The van der Waals surface area contributed by atoms with Crippen molar-refractivity contribution in [2.24, 2.45) is 5.73 Å². The molecular formula is C11H17N3OS. The minimum atomic E-state index is 0.120. The second-order valence-corrected chi connectivity index (χ2v) is 4.22. The summed E-state index contributed by atoms with van der Waals surface area (Å²) in [6.45, 7) is 4.84. The van der Waals surface area contributed by atoms with E-state index in [-0.39, 0.29) is 6.61 Å². The largest absolute Gasteiger partial charge is 0.395 e. The van der Waals surface area contributed by atoms with Crippen molar-refractivity contribution < 1.29 is 5.11 Å². The second kappa shape index (κ2) is 5.77. The number of nitrogens with zero attached hydrogens (tertiary/aromatic N) is 2. The highest BCUT2D eigenvalue weighted by atomic mass is 32.1. The fourth-order valence-electron chi connectivity index (χ4n) is 1.49. The smallest absolute Gasteiger partial charge is 0.122 e. The molecule has 1 aromatic rings. The highest BCUT2D eigenvalue weighted by molar-refractivity contribution is 7.80. The Morgan fingerprint density at radius 3 is 2.62 bits per heavy atom. The van der Waals surface area contributed by atoms with Gasteiger partial charge >= 0.3 is 0 Å². The quantitative estimate of drug-likeness (QED) is 0.748. The van der Waals surface area contributed by atoms with E-state index in [2.05, 4.69) is 23.7 Å². The van der Waals surface area contributed by atoms with Crippen LogP contribution in [-0.2, 0) is 0 Å². The van der Waals surface area contributed by atoms with Gasteiger partial charge in [-0.05, 0) is 26.0 Å². The Kier molecular flexibility index (Phi) is 4.64. The summed E-state index contributed by atoms with van der Waals surface area (Å²) in [6, 6.07) is 4.02. The lowest BCUT2D eigenvalue weighted by atomic mass is 10.2. The first-order valence-electron chi connectivity index (χ1n) is 5.19. The van der Waals surface area contributed by atoms with Crippen LogP contribution < -0.4 is 10.6 Å². The predicted octanol–water partition coefficient (Wildman–Crippen LogP) is 0.923. The summed E-state index contributed by atoms with van der Waals surface area (Å²) >= 11 is 4.84. The van der Waals surface area contributed by atoms with Gasteiger partial charge in [0.05, 0.1) is 24.2 Å². The molecule has 0 radical (unpaired) electrons. The summed E-state index contributed by atoms with van der Waals surface area (Å²) in [7, 11) is 0. The van der Waals surface area contributed by atoms with Gasteiger partial charge in [-0.3, -0.25) is 4.98 Å². The molecule has 0 spiro atoms. The molecule has 0 aliphatic carbocycles. The van der Waals surface area contributed by atoms with Gasteiger partial charge in [-0.25, -0.2) is 0 Å². The van der Waals surface area contributed by atoms with Crippen LogP contribution in [0, 0.1) is 0 Å². The van der Waals surface area contributed by atoms with Crippen LogP contribution in [0.5, 0.6) is 0 Å². The van der Waals surface area contributed by atoms with E-state index in [1.807, 2.05) is 6.07 Å². The van der Waals surface area contributed by atoms with Crippen molar-refractivity contribution >= 4 is 22.9 Å². The molecule has 0 amide bonds. The molecule has 0 fully saturated rings. The van der Waals surface area contributed by atoms with Crippen LogP contribution in [0.1, 0.15) is 19.5 Å². The minimum absolute atomic E-state index is 0.120. The highest BCUT2D eigenvalue weighted by Gasteiger charge is 2.10. The van der Waals surface area contributed by atoms with E-state index < -0.39 is 0 Å². The molecule has 3 N–H and O–H groups in total. The van der Waals surface area contributed by atoms with E-state index in [0.717, 1.165) is 5.69 Å². The molecular weight excluding hydrogens is 222 g/mol. The number of anilines is 1. The first kappa shape index (κ1) is 12.9. The Hall–Kier alpha value is -1.20. The fourth-order valence-corrected chi connectivity index (χ4v) is 1.62. The summed E-state index contributed by atoms with van der Waals surface area (Å²) < 4.78 is 0. The van der Waals surface area contributed by atoms with Crippen LogP contribution >= 0.6 is 12.2 Å². The SMILES string of the molecule is CC(C)N(CCO)c1ccc(C(N)=S)nc1. The third kappa shape index (κ3) is 3.15. The highest BCUT2D eigenvalue weighted by Crippen LogP contribution is 2.15. The summed E-state index contributed by atoms with van der Waals surface area (Å²) in [5, 5.41) is 8.99. The monoisotopic (exact) mass is 239 g/mol. The third-order valence-corrected chi connectivity index (χ3v) is 2.51. The number of rotatable bonds is 5. The lowest BCUT2D eigenvalue weighted by Crippen LogP contribution is -2.33. The molecule has 1 rings (SSSR count). The summed E-state index contributed by atoms with van der Waals surface area (Å²) in [4.78, 5) is 6.54. The van der Waals surface area contributed by atoms with Gasteiger partial charge in [0.2, 0.25) is 0 Å². The lowest BCUT2D eigenvalue weighted by molar-refractivity contribution is 0.299. The van der Waals surface area contributed by atoms with Crippen molar-refractivity contribution in [3.05, 3.63) is 24.0 Å². The maximum atomic E-state index is 8.99. The van der Waals surface area contributed by atoms with Crippen molar-refractivity contribution in [3.63, 3.8) is 0 Å². The van der Waals surface area contributed by atoms with Crippen LogP contribution in [0.4, 0.5) is 5.69 Å². The zero-order chi connectivity index (χ0) is 12.1. The van der Waals surface area contributed by atoms with Gasteiger partial charge in [-0.1, -0.05) is 12.2 Å². The van der Waals surface area contributed by atoms with Crippen molar-refractivity contribution in [1.82, 2.24) is 4.98 Å². The molecule has 16 heavy (non-hydrogen) atoms. The van der Waals surface area contributed by atoms with Crippen molar-refractivity contribution in [1.29, 1.82) is 0 Å². The zero-order valence-electron chi connectivity index (χ0n) is 9.55. The first-order valence-corrected chi connectivity index (χ1v) is 5.60. The third-order valence-electron chi connectivity index (χ3n) is 2.30. The molecule has 0 bridgehead atoms. The van der Waals surface area contributed by atoms with E-state index in [1.54, 1.807) is 12.3 Å².